The molecule has 0 heterocycles. The van der Waals surface area contributed by atoms with Crippen LogP contribution >= 0.6 is 11.6 Å². The predicted octanol–water partition coefficient (Wildman–Crippen LogP) is 2.46. The average Bonchev–Trinajstić information content (AvgIpc) is 2.36. The number of nitro benzene ring substituents is 2. The highest BCUT2D eigenvalue weighted by Crippen LogP contribution is 2.29. The van der Waals surface area contributed by atoms with Crippen LogP contribution in [0.5, 0.6) is 0 Å². The van der Waals surface area contributed by atoms with E-state index in [-0.39, 0.29) is 12.1 Å². The maximum absolute atomic E-state index is 11.4. The van der Waals surface area contributed by atoms with Crippen molar-refractivity contribution in [2.45, 2.75) is 12.8 Å². The van der Waals surface area contributed by atoms with Gasteiger partial charge in [0.1, 0.15) is 5.69 Å². The van der Waals surface area contributed by atoms with E-state index in [4.69, 9.17) is 11.6 Å². The van der Waals surface area contributed by atoms with Gasteiger partial charge in [0.2, 0.25) is 5.91 Å². The Morgan fingerprint density at radius 1 is 1.26 bits per heavy atom. The summed E-state index contributed by atoms with van der Waals surface area (Å²) in [7, 11) is 0. The average molecular weight is 288 g/mol. The SMILES string of the molecule is O=C(CCCCl)Nc1ccc([N+](=O)[O-])cc1[N+](=O)[O-]. The standard InChI is InChI=1S/C10H10ClN3O5/c11-5-1-2-10(15)12-8-4-3-7(13(16)17)6-9(8)14(18)19/h3-4,6H,1-2,5H2,(H,12,15). The Morgan fingerprint density at radius 2 is 1.95 bits per heavy atom. The Labute approximate surface area is 112 Å². The highest BCUT2D eigenvalue weighted by Gasteiger charge is 2.20. The molecule has 0 atom stereocenters. The van der Waals surface area contributed by atoms with Crippen LogP contribution in [0.4, 0.5) is 17.1 Å². The fourth-order valence-electron chi connectivity index (χ4n) is 1.33. The molecule has 1 aromatic carbocycles. The number of alkyl halides is 1. The zero-order valence-corrected chi connectivity index (χ0v) is 10.4. The van der Waals surface area contributed by atoms with Gasteiger partial charge in [0, 0.05) is 18.4 Å². The Morgan fingerprint density at radius 3 is 2.47 bits per heavy atom. The number of carbonyl (C=O) groups excluding carboxylic acids is 1. The van der Waals surface area contributed by atoms with E-state index in [0.29, 0.717) is 12.3 Å². The molecule has 102 valence electrons. The molecule has 0 radical (unpaired) electrons. The van der Waals surface area contributed by atoms with Crippen LogP contribution in [-0.4, -0.2) is 21.6 Å². The normalized spacial score (nSPS) is 9.95. The zero-order chi connectivity index (χ0) is 14.4. The van der Waals surface area contributed by atoms with Gasteiger partial charge in [0.25, 0.3) is 11.4 Å². The van der Waals surface area contributed by atoms with Crippen LogP contribution in [0.1, 0.15) is 12.8 Å². The number of halogens is 1. The molecule has 9 heteroatoms. The summed E-state index contributed by atoms with van der Waals surface area (Å²) in [5.41, 5.74) is -1.01. The summed E-state index contributed by atoms with van der Waals surface area (Å²) in [4.78, 5) is 31.2. The van der Waals surface area contributed by atoms with Crippen molar-refractivity contribution >= 4 is 34.6 Å². The van der Waals surface area contributed by atoms with E-state index < -0.39 is 27.1 Å². The topological polar surface area (TPSA) is 115 Å². The molecule has 19 heavy (non-hydrogen) atoms. The molecule has 0 aliphatic rings. The molecule has 0 fully saturated rings. The molecular weight excluding hydrogens is 278 g/mol. The van der Waals surface area contributed by atoms with Crippen LogP contribution in [0, 0.1) is 20.2 Å². The summed E-state index contributed by atoms with van der Waals surface area (Å²) in [6.07, 6.45) is 0.561. The first-order valence-corrected chi connectivity index (χ1v) is 5.78. The number of hydrogen-bond acceptors (Lipinski definition) is 5. The van der Waals surface area contributed by atoms with Crippen molar-refractivity contribution in [1.29, 1.82) is 0 Å². The van der Waals surface area contributed by atoms with Crippen LogP contribution in [-0.2, 0) is 4.79 Å². The highest BCUT2D eigenvalue weighted by molar-refractivity contribution is 6.18. The summed E-state index contributed by atoms with van der Waals surface area (Å²) in [6, 6.07) is 3.02. The molecule has 0 unspecified atom stereocenters. The van der Waals surface area contributed by atoms with Gasteiger partial charge in [-0.1, -0.05) is 0 Å². The predicted molar refractivity (Wildman–Crippen MR) is 68.3 cm³/mol. The second-order valence-corrected chi connectivity index (χ2v) is 3.93. The van der Waals surface area contributed by atoms with Crippen LogP contribution in [0.2, 0.25) is 0 Å². The molecule has 1 amide bonds. The van der Waals surface area contributed by atoms with Gasteiger partial charge in [-0.05, 0) is 12.5 Å². The van der Waals surface area contributed by atoms with E-state index in [0.717, 1.165) is 18.2 Å². The molecule has 8 nitrogen and oxygen atoms in total. The molecule has 0 aliphatic carbocycles. The summed E-state index contributed by atoms with van der Waals surface area (Å²) in [5.74, 6) is -0.131. The van der Waals surface area contributed by atoms with Crippen LogP contribution in [0.15, 0.2) is 18.2 Å². The number of amides is 1. The first-order valence-electron chi connectivity index (χ1n) is 5.24. The maximum atomic E-state index is 11.4. The van der Waals surface area contributed by atoms with E-state index in [1.54, 1.807) is 0 Å². The molecule has 0 saturated carbocycles. The number of rotatable bonds is 6. The number of nitro groups is 2. The lowest BCUT2D eigenvalue weighted by atomic mass is 10.2. The minimum absolute atomic E-state index is 0.0739. The van der Waals surface area contributed by atoms with E-state index in [1.807, 2.05) is 0 Å². The molecule has 1 N–H and O–H groups in total. The van der Waals surface area contributed by atoms with Crippen molar-refractivity contribution in [3.63, 3.8) is 0 Å². The van der Waals surface area contributed by atoms with Gasteiger partial charge in [-0.2, -0.15) is 0 Å². The Kier molecular flexibility index (Phi) is 5.19. The van der Waals surface area contributed by atoms with Gasteiger partial charge >= 0.3 is 0 Å². The maximum Gasteiger partial charge on any atom is 0.299 e. The minimum atomic E-state index is -0.788. The first-order chi connectivity index (χ1) is 8.95. The molecule has 1 aromatic rings. The number of benzene rings is 1. The number of hydrogen-bond donors (Lipinski definition) is 1. The third-order valence-corrected chi connectivity index (χ3v) is 2.47. The Balaban J connectivity index is 2.97. The molecule has 0 spiro atoms. The lowest BCUT2D eigenvalue weighted by molar-refractivity contribution is -0.393. The summed E-state index contributed by atoms with van der Waals surface area (Å²) in [5, 5.41) is 23.7. The second kappa shape index (κ2) is 6.64. The summed E-state index contributed by atoms with van der Waals surface area (Å²) < 4.78 is 0. The second-order valence-electron chi connectivity index (χ2n) is 3.56. The van der Waals surface area contributed by atoms with Crippen molar-refractivity contribution in [2.24, 2.45) is 0 Å². The monoisotopic (exact) mass is 287 g/mol. The number of nitrogens with one attached hydrogen (secondary N) is 1. The molecule has 0 aromatic heterocycles. The fraction of sp³-hybridized carbons (Fsp3) is 0.300. The molecular formula is C10H10ClN3O5. The molecule has 0 aliphatic heterocycles. The van der Waals surface area contributed by atoms with Gasteiger partial charge < -0.3 is 5.32 Å². The summed E-state index contributed by atoms with van der Waals surface area (Å²) in [6.45, 7) is 0. The quantitative estimate of drug-likeness (QED) is 0.490. The lowest BCUT2D eigenvalue weighted by Crippen LogP contribution is -2.12. The van der Waals surface area contributed by atoms with Crippen molar-refractivity contribution in [1.82, 2.24) is 0 Å². The zero-order valence-electron chi connectivity index (χ0n) is 9.67. The van der Waals surface area contributed by atoms with Gasteiger partial charge in [-0.3, -0.25) is 25.0 Å². The van der Waals surface area contributed by atoms with Crippen LogP contribution in [0.3, 0.4) is 0 Å². The van der Waals surface area contributed by atoms with Crippen LogP contribution in [0.25, 0.3) is 0 Å². The smallest absolute Gasteiger partial charge is 0.299 e. The number of anilines is 1. The van der Waals surface area contributed by atoms with E-state index >= 15 is 0 Å². The number of nitrogens with zero attached hydrogens (tertiary/aromatic N) is 2. The fourth-order valence-corrected chi connectivity index (χ4v) is 1.46. The number of non-ortho nitro benzene ring substituents is 1. The van der Waals surface area contributed by atoms with Gasteiger partial charge in [0.05, 0.1) is 15.9 Å². The van der Waals surface area contributed by atoms with Crippen molar-refractivity contribution in [3.05, 3.63) is 38.4 Å². The third-order valence-electron chi connectivity index (χ3n) is 2.20. The van der Waals surface area contributed by atoms with Gasteiger partial charge in [-0.15, -0.1) is 11.6 Å². The third kappa shape index (κ3) is 4.18. The molecule has 0 bridgehead atoms. The van der Waals surface area contributed by atoms with Gasteiger partial charge in [0.15, 0.2) is 0 Å². The van der Waals surface area contributed by atoms with Gasteiger partial charge in [-0.25, -0.2) is 0 Å². The Hall–Kier alpha value is -2.22. The highest BCUT2D eigenvalue weighted by atomic mass is 35.5. The van der Waals surface area contributed by atoms with E-state index in [2.05, 4.69) is 5.32 Å². The van der Waals surface area contributed by atoms with E-state index in [1.165, 1.54) is 0 Å². The van der Waals surface area contributed by atoms with Crippen molar-refractivity contribution < 1.29 is 14.6 Å². The first kappa shape index (κ1) is 14.8. The summed E-state index contributed by atoms with van der Waals surface area (Å²) >= 11 is 5.42. The minimum Gasteiger partial charge on any atom is -0.320 e. The lowest BCUT2D eigenvalue weighted by Gasteiger charge is -2.05. The molecule has 1 rings (SSSR count). The molecule has 0 saturated heterocycles. The van der Waals surface area contributed by atoms with Crippen LogP contribution < -0.4 is 5.32 Å². The van der Waals surface area contributed by atoms with Crippen molar-refractivity contribution in [3.8, 4) is 0 Å². The van der Waals surface area contributed by atoms with Crippen molar-refractivity contribution in [2.75, 3.05) is 11.2 Å². The Bertz CT molecular complexity index is 520. The largest absolute Gasteiger partial charge is 0.320 e. The number of carbonyl (C=O) groups is 1. The van der Waals surface area contributed by atoms with E-state index in [9.17, 15) is 25.0 Å².